The maximum Gasteiger partial charge on any atom is 0.573 e. The van der Waals surface area contributed by atoms with Gasteiger partial charge in [-0.25, -0.2) is 14.5 Å². The van der Waals surface area contributed by atoms with Crippen molar-refractivity contribution in [2.75, 3.05) is 7.11 Å². The largest absolute Gasteiger partial charge is 0.573 e. The Hall–Kier alpha value is -4.91. The third kappa shape index (κ3) is 8.47. The second-order valence-electron chi connectivity index (χ2n) is 11.3. The molecule has 246 valence electrons. The van der Waals surface area contributed by atoms with Crippen molar-refractivity contribution in [3.63, 3.8) is 0 Å². The molecule has 2 amide bonds. The Morgan fingerprint density at radius 3 is 2.38 bits per heavy atom. The summed E-state index contributed by atoms with van der Waals surface area (Å²) in [4.78, 5) is 22.3. The minimum absolute atomic E-state index is 0.113. The lowest BCUT2D eigenvalue weighted by Gasteiger charge is -2.16. The van der Waals surface area contributed by atoms with Gasteiger partial charge in [-0.15, -0.1) is 29.6 Å². The molecule has 13 heteroatoms. The lowest BCUT2D eigenvalue weighted by molar-refractivity contribution is -0.274. The number of nitrogens with zero attached hydrogens (tertiary/aromatic N) is 5. The van der Waals surface area contributed by atoms with Crippen molar-refractivity contribution in [2.24, 2.45) is 4.99 Å². The Kier molecular flexibility index (Phi) is 10.1. The highest BCUT2D eigenvalue weighted by atomic mass is 32.1. The van der Waals surface area contributed by atoms with Crippen LogP contribution in [0.25, 0.3) is 22.8 Å². The predicted octanol–water partition coefficient (Wildman–Crippen LogP) is 7.76. The van der Waals surface area contributed by atoms with E-state index < -0.39 is 12.4 Å². The Morgan fingerprint density at radius 2 is 1.72 bits per heavy atom. The number of carbonyl (C=O) groups excluding carboxylic acids is 1. The van der Waals surface area contributed by atoms with Crippen LogP contribution in [0.3, 0.4) is 0 Å². The van der Waals surface area contributed by atoms with E-state index in [1.165, 1.54) is 46.6 Å². The van der Waals surface area contributed by atoms with E-state index in [-0.39, 0.29) is 17.7 Å². The van der Waals surface area contributed by atoms with Gasteiger partial charge in [0.15, 0.2) is 10.6 Å². The van der Waals surface area contributed by atoms with Crippen molar-refractivity contribution < 1.29 is 27.4 Å². The number of nitrogens with one attached hydrogen (secondary N) is 1. The van der Waals surface area contributed by atoms with Crippen molar-refractivity contribution in [1.82, 2.24) is 24.6 Å². The van der Waals surface area contributed by atoms with Gasteiger partial charge < -0.3 is 14.8 Å². The number of thiazole rings is 1. The van der Waals surface area contributed by atoms with Gasteiger partial charge in [-0.05, 0) is 86.2 Å². The number of aryl methyl sites for hydroxylation is 2. The first-order valence-electron chi connectivity index (χ1n) is 15.0. The summed E-state index contributed by atoms with van der Waals surface area (Å²) in [5, 5.41) is 9.43. The molecule has 0 aliphatic heterocycles. The molecule has 0 bridgehead atoms. The number of hydrogen-bond donors (Lipinski definition) is 1. The van der Waals surface area contributed by atoms with Gasteiger partial charge in [0.2, 0.25) is 0 Å². The van der Waals surface area contributed by atoms with Crippen molar-refractivity contribution >= 4 is 17.4 Å². The van der Waals surface area contributed by atoms with Crippen molar-refractivity contribution in [1.29, 1.82) is 0 Å². The number of ether oxygens (including phenoxy) is 2. The molecule has 1 N–H and O–H groups in total. The highest BCUT2D eigenvalue weighted by Gasteiger charge is 2.31. The van der Waals surface area contributed by atoms with Gasteiger partial charge in [0, 0.05) is 22.7 Å². The second-order valence-corrected chi connectivity index (χ2v) is 12.2. The van der Waals surface area contributed by atoms with E-state index in [1.807, 2.05) is 66.3 Å². The van der Waals surface area contributed by atoms with E-state index in [9.17, 15) is 18.0 Å². The molecule has 2 heterocycles. The number of urea groups is 1. The molecule has 0 fully saturated rings. The molecule has 0 radical (unpaired) electrons. The first-order chi connectivity index (χ1) is 22.4. The number of halogens is 3. The van der Waals surface area contributed by atoms with Crippen LogP contribution in [0, 0.1) is 6.92 Å². The van der Waals surface area contributed by atoms with Crippen molar-refractivity contribution in [3.8, 4) is 34.3 Å². The maximum absolute atomic E-state index is 13.0. The van der Waals surface area contributed by atoms with Crippen molar-refractivity contribution in [3.05, 3.63) is 100 Å². The quantitative estimate of drug-likeness (QED) is 0.165. The number of carbonyl (C=O) groups is 1. The molecule has 1 unspecified atom stereocenters. The number of benzene rings is 3. The molecule has 0 saturated carbocycles. The molecule has 3 aromatic carbocycles. The van der Waals surface area contributed by atoms with Gasteiger partial charge in [0.05, 0.1) is 18.5 Å². The average molecular weight is 665 g/mol. The van der Waals surface area contributed by atoms with Crippen LogP contribution in [0.4, 0.5) is 18.0 Å². The Morgan fingerprint density at radius 1 is 1.02 bits per heavy atom. The minimum Gasteiger partial charge on any atom is -0.497 e. The highest BCUT2D eigenvalue weighted by Crippen LogP contribution is 2.28. The molecule has 0 spiro atoms. The summed E-state index contributed by atoms with van der Waals surface area (Å²) in [6.07, 6.45) is -1.81. The number of rotatable bonds is 10. The molecule has 1 atom stereocenters. The summed E-state index contributed by atoms with van der Waals surface area (Å²) in [7, 11) is 1.65. The van der Waals surface area contributed by atoms with Crippen LogP contribution in [0.1, 0.15) is 49.9 Å². The third-order valence-corrected chi connectivity index (χ3v) is 8.39. The fraction of sp³-hybridized carbons (Fsp3) is 0.294. The number of aromatic nitrogens is 4. The molecule has 47 heavy (non-hydrogen) atoms. The SMILES string of the molecule is COc1ccc(-n2c(C)csc2=NC(=O)NC(C)CCc2ccc(-c3ncn(-c4ccc(OC(F)(F)F)cc4)n3)cc2)c(C(C)C)c1. The molecular weight excluding hydrogens is 629 g/mol. The predicted molar refractivity (Wildman–Crippen MR) is 174 cm³/mol. The van der Waals surface area contributed by atoms with Gasteiger partial charge in [-0.1, -0.05) is 38.1 Å². The zero-order valence-corrected chi connectivity index (χ0v) is 27.4. The Balaban J connectivity index is 1.19. The van der Waals surface area contributed by atoms with E-state index >= 15 is 0 Å². The van der Waals surface area contributed by atoms with Crippen LogP contribution in [0.5, 0.6) is 11.5 Å². The van der Waals surface area contributed by atoms with Crippen LogP contribution >= 0.6 is 11.3 Å². The summed E-state index contributed by atoms with van der Waals surface area (Å²) in [5.41, 5.74) is 5.48. The monoisotopic (exact) mass is 664 g/mol. The average Bonchev–Trinajstić information content (AvgIpc) is 3.66. The smallest absolute Gasteiger partial charge is 0.497 e. The van der Waals surface area contributed by atoms with Gasteiger partial charge in [0.25, 0.3) is 0 Å². The lowest BCUT2D eigenvalue weighted by Crippen LogP contribution is -2.32. The summed E-state index contributed by atoms with van der Waals surface area (Å²) in [5.74, 6) is 1.19. The van der Waals surface area contributed by atoms with E-state index in [2.05, 4.69) is 39.0 Å². The topological polar surface area (TPSA) is 95.6 Å². The van der Waals surface area contributed by atoms with E-state index in [0.29, 0.717) is 22.7 Å². The summed E-state index contributed by atoms with van der Waals surface area (Å²) < 4.78 is 50.1. The summed E-state index contributed by atoms with van der Waals surface area (Å²) in [6, 6.07) is 18.6. The molecule has 9 nitrogen and oxygen atoms in total. The highest BCUT2D eigenvalue weighted by molar-refractivity contribution is 7.07. The fourth-order valence-corrected chi connectivity index (χ4v) is 5.88. The number of alkyl halides is 3. The van der Waals surface area contributed by atoms with E-state index in [0.717, 1.165) is 40.2 Å². The number of hydrogen-bond acceptors (Lipinski definition) is 6. The zero-order chi connectivity index (χ0) is 33.7. The molecule has 0 saturated heterocycles. The molecule has 5 rings (SSSR count). The standard InChI is InChI=1S/C34H35F3N6O3S/c1-21(2)29-18-28(45-5)16-17-30(29)43-23(4)19-47-33(43)40-32(44)39-22(3)6-7-24-8-10-25(11-9-24)31-38-20-42(41-31)26-12-14-27(15-13-26)46-34(35,36)37/h8-22H,6-7H2,1-5H3,(H,39,44). The van der Waals surface area contributed by atoms with Gasteiger partial charge in [-0.2, -0.15) is 4.99 Å². The Labute approximate surface area is 274 Å². The third-order valence-electron chi connectivity index (χ3n) is 7.45. The first kappa shape index (κ1) is 33.5. The molecular formula is C34H35F3N6O3S. The van der Waals surface area contributed by atoms with Crippen LogP contribution in [-0.4, -0.2) is 44.9 Å². The first-order valence-corrected chi connectivity index (χ1v) is 15.9. The number of methoxy groups -OCH3 is 1. The maximum atomic E-state index is 13.0. The minimum atomic E-state index is -4.75. The van der Waals surface area contributed by atoms with Crippen LogP contribution < -0.4 is 19.6 Å². The summed E-state index contributed by atoms with van der Waals surface area (Å²) >= 11 is 1.42. The molecule has 0 aliphatic carbocycles. The van der Waals surface area contributed by atoms with Crippen LogP contribution in [0.2, 0.25) is 0 Å². The van der Waals surface area contributed by atoms with Crippen molar-refractivity contribution in [2.45, 2.75) is 58.9 Å². The second kappa shape index (κ2) is 14.2. The molecule has 5 aromatic rings. The Bertz CT molecular complexity index is 1890. The van der Waals surface area contributed by atoms with Gasteiger partial charge in [0.1, 0.15) is 17.8 Å². The summed E-state index contributed by atoms with van der Waals surface area (Å²) in [6.45, 7) is 8.19. The number of amides is 2. The lowest BCUT2D eigenvalue weighted by atomic mass is 10.0. The molecule has 2 aromatic heterocycles. The van der Waals surface area contributed by atoms with Gasteiger partial charge in [-0.3, -0.25) is 4.57 Å². The zero-order valence-electron chi connectivity index (χ0n) is 26.6. The van der Waals surface area contributed by atoms with Crippen LogP contribution in [0.15, 0.2) is 83.4 Å². The molecule has 0 aliphatic rings. The fourth-order valence-electron chi connectivity index (χ4n) is 5.02. The normalized spacial score (nSPS) is 12.7. The van der Waals surface area contributed by atoms with E-state index in [1.54, 1.807) is 7.11 Å². The van der Waals surface area contributed by atoms with E-state index in [4.69, 9.17) is 4.74 Å². The van der Waals surface area contributed by atoms with Crippen LogP contribution in [-0.2, 0) is 6.42 Å². The van der Waals surface area contributed by atoms with Gasteiger partial charge >= 0.3 is 12.4 Å².